The number of rotatable bonds is 14. The van der Waals surface area contributed by atoms with Gasteiger partial charge >= 0.3 is 5.97 Å². The smallest absolute Gasteiger partial charge is 0.307 e. The van der Waals surface area contributed by atoms with Crippen molar-refractivity contribution in [3.63, 3.8) is 0 Å². The maximum atomic E-state index is 13.3. The number of carbonyl (C=O) groups is 2. The lowest BCUT2D eigenvalue weighted by molar-refractivity contribution is -0.143. The lowest BCUT2D eigenvalue weighted by Gasteiger charge is -2.30. The van der Waals surface area contributed by atoms with Gasteiger partial charge in [0, 0.05) is 24.4 Å². The molecule has 0 fully saturated rings. The lowest BCUT2D eigenvalue weighted by Crippen LogP contribution is -2.33. The van der Waals surface area contributed by atoms with Crippen LogP contribution in [0.4, 0.5) is 0 Å². The van der Waals surface area contributed by atoms with E-state index in [-0.39, 0.29) is 24.8 Å². The number of thiophene rings is 1. The van der Waals surface area contributed by atoms with Gasteiger partial charge in [-0.05, 0) is 86.1 Å². The van der Waals surface area contributed by atoms with Crippen molar-refractivity contribution in [2.75, 3.05) is 26.3 Å². The molecule has 2 N–H and O–H groups in total. The fraction of sp³-hybridized carbons (Fsp3) is 0.613. The number of ether oxygens (including phenoxy) is 2. The second-order valence-electron chi connectivity index (χ2n) is 11.2. The van der Waals surface area contributed by atoms with E-state index in [0.717, 1.165) is 53.0 Å². The third-order valence-electron chi connectivity index (χ3n) is 7.25. The van der Waals surface area contributed by atoms with E-state index in [1.807, 2.05) is 13.8 Å². The molecule has 0 saturated heterocycles. The monoisotopic (exact) mass is 543 g/mol. The Kier molecular flexibility index (Phi) is 10.9. The van der Waals surface area contributed by atoms with E-state index in [1.165, 1.54) is 16.0 Å². The number of benzene rings is 1. The highest BCUT2D eigenvalue weighted by Crippen LogP contribution is 2.42. The Morgan fingerprint density at radius 3 is 2.50 bits per heavy atom. The molecule has 210 valence electrons. The number of ketones is 1. The van der Waals surface area contributed by atoms with Crippen molar-refractivity contribution in [3.05, 3.63) is 49.7 Å². The Balaban J connectivity index is 1.53. The Hall–Kier alpha value is -2.22. The summed E-state index contributed by atoms with van der Waals surface area (Å²) in [4.78, 5) is 27.1. The number of carbonyl (C=O) groups excluding carboxylic acids is 2. The summed E-state index contributed by atoms with van der Waals surface area (Å²) >= 11 is 1.73. The van der Waals surface area contributed by atoms with Gasteiger partial charge in [0.15, 0.2) is 5.78 Å². The zero-order valence-electron chi connectivity index (χ0n) is 24.0. The standard InChI is InChI=1S/C31H45NO5S/c1-7-27-25-17-31(5,6)13-11-24(25)30(38-27)26(34)10-9-22-15-20(3)29(21(4)16-22)37-19-23(33)18-32-14-12-28(35)36-8-2/h15-16,23,32-33H,7-14,17-19H2,1-6H3. The molecule has 1 aliphatic rings. The van der Waals surface area contributed by atoms with E-state index < -0.39 is 6.10 Å². The van der Waals surface area contributed by atoms with E-state index in [9.17, 15) is 14.7 Å². The Morgan fingerprint density at radius 2 is 1.84 bits per heavy atom. The summed E-state index contributed by atoms with van der Waals surface area (Å²) in [5.74, 6) is 0.788. The fourth-order valence-electron chi connectivity index (χ4n) is 5.28. The Morgan fingerprint density at radius 1 is 1.13 bits per heavy atom. The molecule has 0 bridgehead atoms. The number of hydrogen-bond donors (Lipinski definition) is 2. The summed E-state index contributed by atoms with van der Waals surface area (Å²) < 4.78 is 10.8. The van der Waals surface area contributed by atoms with Crippen LogP contribution in [0.3, 0.4) is 0 Å². The van der Waals surface area contributed by atoms with Gasteiger partial charge in [-0.3, -0.25) is 9.59 Å². The molecule has 3 rings (SSSR count). The minimum absolute atomic E-state index is 0.159. The maximum absolute atomic E-state index is 13.3. The van der Waals surface area contributed by atoms with Crippen LogP contribution in [0, 0.1) is 19.3 Å². The topological polar surface area (TPSA) is 84.9 Å². The molecule has 0 saturated carbocycles. The first-order valence-corrected chi connectivity index (χ1v) is 14.8. The lowest BCUT2D eigenvalue weighted by atomic mass is 9.74. The third kappa shape index (κ3) is 8.14. The molecule has 6 nitrogen and oxygen atoms in total. The average molecular weight is 544 g/mol. The highest BCUT2D eigenvalue weighted by atomic mass is 32.1. The molecular weight excluding hydrogens is 498 g/mol. The number of aliphatic hydroxyl groups excluding tert-OH is 1. The van der Waals surface area contributed by atoms with Crippen molar-refractivity contribution in [2.45, 2.75) is 92.6 Å². The van der Waals surface area contributed by atoms with Crippen molar-refractivity contribution >= 4 is 23.1 Å². The molecule has 1 unspecified atom stereocenters. The summed E-state index contributed by atoms with van der Waals surface area (Å²) in [6, 6.07) is 4.17. The molecule has 1 aromatic heterocycles. The van der Waals surface area contributed by atoms with Crippen LogP contribution in [0.5, 0.6) is 5.75 Å². The summed E-state index contributed by atoms with van der Waals surface area (Å²) in [7, 11) is 0. The molecule has 1 atom stereocenters. The van der Waals surface area contributed by atoms with Crippen LogP contribution in [0.2, 0.25) is 0 Å². The second-order valence-corrected chi connectivity index (χ2v) is 12.3. The summed E-state index contributed by atoms with van der Waals surface area (Å²) in [6.07, 6.45) is 5.01. The van der Waals surface area contributed by atoms with Gasteiger partial charge in [0.2, 0.25) is 0 Å². The zero-order chi connectivity index (χ0) is 27.9. The first kappa shape index (κ1) is 30.3. The van der Waals surface area contributed by atoms with Crippen molar-refractivity contribution in [1.29, 1.82) is 0 Å². The van der Waals surface area contributed by atoms with Crippen LogP contribution < -0.4 is 10.1 Å². The van der Waals surface area contributed by atoms with Gasteiger partial charge in [-0.2, -0.15) is 0 Å². The number of esters is 1. The zero-order valence-corrected chi connectivity index (χ0v) is 24.8. The minimum atomic E-state index is -0.691. The Labute approximate surface area is 232 Å². The number of nitrogens with one attached hydrogen (secondary N) is 1. The molecule has 2 aromatic rings. The minimum Gasteiger partial charge on any atom is -0.490 e. The fourth-order valence-corrected chi connectivity index (χ4v) is 6.55. The van der Waals surface area contributed by atoms with E-state index in [1.54, 1.807) is 18.3 Å². The van der Waals surface area contributed by atoms with E-state index in [2.05, 4.69) is 38.2 Å². The first-order chi connectivity index (χ1) is 18.0. The highest BCUT2D eigenvalue weighted by molar-refractivity contribution is 7.14. The second kappa shape index (κ2) is 13.7. The largest absolute Gasteiger partial charge is 0.490 e. The quantitative estimate of drug-likeness (QED) is 0.185. The van der Waals surface area contributed by atoms with Gasteiger partial charge in [-0.15, -0.1) is 11.3 Å². The van der Waals surface area contributed by atoms with Crippen LogP contribution >= 0.6 is 11.3 Å². The molecule has 0 radical (unpaired) electrons. The summed E-state index contributed by atoms with van der Waals surface area (Å²) in [5.41, 5.74) is 6.21. The molecule has 1 aliphatic carbocycles. The molecule has 38 heavy (non-hydrogen) atoms. The normalized spacial score (nSPS) is 15.1. The van der Waals surface area contributed by atoms with E-state index >= 15 is 0 Å². The highest BCUT2D eigenvalue weighted by Gasteiger charge is 2.31. The van der Waals surface area contributed by atoms with Crippen LogP contribution in [0.1, 0.15) is 89.3 Å². The molecule has 0 amide bonds. The van der Waals surface area contributed by atoms with E-state index in [4.69, 9.17) is 9.47 Å². The van der Waals surface area contributed by atoms with Crippen LogP contribution in [0.25, 0.3) is 0 Å². The van der Waals surface area contributed by atoms with Crippen molar-refractivity contribution in [3.8, 4) is 5.75 Å². The van der Waals surface area contributed by atoms with Crippen molar-refractivity contribution in [2.24, 2.45) is 5.41 Å². The Bertz CT molecular complexity index is 1100. The van der Waals surface area contributed by atoms with Gasteiger partial charge in [-0.1, -0.05) is 32.9 Å². The predicted molar refractivity (Wildman–Crippen MR) is 154 cm³/mol. The molecule has 7 heteroatoms. The summed E-state index contributed by atoms with van der Waals surface area (Å²) in [6.45, 7) is 14.0. The van der Waals surface area contributed by atoms with Crippen LogP contribution in [0.15, 0.2) is 12.1 Å². The van der Waals surface area contributed by atoms with Gasteiger partial charge in [0.1, 0.15) is 18.5 Å². The SMILES string of the molecule is CCOC(=O)CCNCC(O)COc1c(C)cc(CCC(=O)c2sc(CC)c3c2CCC(C)(C)C3)cc1C. The third-order valence-corrected chi connectivity index (χ3v) is 8.71. The molecule has 0 aliphatic heterocycles. The molecule has 1 heterocycles. The number of aliphatic hydroxyl groups is 1. The van der Waals surface area contributed by atoms with Gasteiger partial charge in [-0.25, -0.2) is 0 Å². The van der Waals surface area contributed by atoms with E-state index in [0.29, 0.717) is 38.0 Å². The number of fused-ring (bicyclic) bond motifs is 1. The average Bonchev–Trinajstić information content (AvgIpc) is 3.21. The first-order valence-electron chi connectivity index (χ1n) is 14.0. The van der Waals surface area contributed by atoms with Crippen LogP contribution in [-0.2, 0) is 35.2 Å². The molecule has 0 spiro atoms. The maximum Gasteiger partial charge on any atom is 0.307 e. The summed E-state index contributed by atoms with van der Waals surface area (Å²) in [5, 5.41) is 13.3. The van der Waals surface area contributed by atoms with Crippen LogP contribution in [-0.4, -0.2) is 49.3 Å². The van der Waals surface area contributed by atoms with Gasteiger partial charge in [0.05, 0.1) is 17.9 Å². The van der Waals surface area contributed by atoms with Crippen molar-refractivity contribution in [1.82, 2.24) is 5.32 Å². The van der Waals surface area contributed by atoms with Gasteiger partial charge in [0.25, 0.3) is 0 Å². The van der Waals surface area contributed by atoms with Crippen molar-refractivity contribution < 1.29 is 24.2 Å². The number of aryl methyl sites for hydroxylation is 4. The molecule has 1 aromatic carbocycles. The molecular formula is C31H45NO5S. The van der Waals surface area contributed by atoms with Gasteiger partial charge < -0.3 is 19.9 Å². The number of Topliss-reactive ketones (excluding diaryl/α,β-unsaturated/α-hetero) is 1. The number of hydrogen-bond acceptors (Lipinski definition) is 7. The predicted octanol–water partition coefficient (Wildman–Crippen LogP) is 5.54.